The number of carbonyl (C=O) groups is 3. The Labute approximate surface area is 319 Å². The van der Waals surface area contributed by atoms with Crippen molar-refractivity contribution in [3.63, 3.8) is 0 Å². The number of benzene rings is 3. The molecule has 1 heterocycles. The molecule has 53 heavy (non-hydrogen) atoms. The van der Waals surface area contributed by atoms with Crippen LogP contribution >= 0.6 is 11.8 Å². The summed E-state index contributed by atoms with van der Waals surface area (Å²) >= 11 is -0.208. The summed E-state index contributed by atoms with van der Waals surface area (Å²) in [7, 11) is -3.85. The maximum Gasteiger partial charge on any atom is 0.331 e. The minimum Gasteiger partial charge on any atom is -0.616 e. The third-order valence-electron chi connectivity index (χ3n) is 9.22. The second kappa shape index (κ2) is 18.9. The lowest BCUT2D eigenvalue weighted by atomic mass is 9.79. The van der Waals surface area contributed by atoms with E-state index in [1.165, 1.54) is 48.3 Å². The largest absolute Gasteiger partial charge is 0.616 e. The van der Waals surface area contributed by atoms with Crippen molar-refractivity contribution in [2.45, 2.75) is 74.2 Å². The second-order valence-electron chi connectivity index (χ2n) is 13.4. The number of aromatic hydroxyl groups is 1. The number of unbranched alkanes of at least 4 members (excludes halogenated alkanes) is 2. The zero-order valence-electron chi connectivity index (χ0n) is 30.5. The number of phenols is 1. The molecule has 1 aliphatic heterocycles. The lowest BCUT2D eigenvalue weighted by Gasteiger charge is -2.37. The van der Waals surface area contributed by atoms with Crippen LogP contribution in [0.1, 0.15) is 64.0 Å². The number of phenolic OH excluding ortho intramolecular Hbond substituents is 1. The van der Waals surface area contributed by atoms with E-state index in [-0.39, 0.29) is 33.5 Å². The Morgan fingerprint density at radius 3 is 2.23 bits per heavy atom. The summed E-state index contributed by atoms with van der Waals surface area (Å²) in [5, 5.41) is 24.3. The maximum absolute atomic E-state index is 14.4. The van der Waals surface area contributed by atoms with Crippen LogP contribution in [0.3, 0.4) is 0 Å². The monoisotopic (exact) mass is 787 g/mol. The predicted molar refractivity (Wildman–Crippen MR) is 208 cm³/mol. The van der Waals surface area contributed by atoms with Gasteiger partial charge in [-0.05, 0) is 55.0 Å². The van der Waals surface area contributed by atoms with Crippen LogP contribution in [0.25, 0.3) is 0 Å². The number of para-hydroxylation sites is 1. The fraction of sp³-hybridized carbons (Fsp3) is 0.447. The molecular weight excluding hydrogens is 739 g/mol. The topological polar surface area (TPSA) is 185 Å². The van der Waals surface area contributed by atoms with Crippen molar-refractivity contribution in [2.24, 2.45) is 5.41 Å². The first kappa shape index (κ1) is 41.8. The molecule has 3 atom stereocenters. The molecule has 0 spiro atoms. The Kier molecular flexibility index (Phi) is 14.9. The van der Waals surface area contributed by atoms with Crippen LogP contribution in [0, 0.1) is 5.41 Å². The summed E-state index contributed by atoms with van der Waals surface area (Å²) in [4.78, 5) is 41.4. The van der Waals surface area contributed by atoms with E-state index < -0.39 is 62.9 Å². The number of carboxylic acids is 1. The van der Waals surface area contributed by atoms with Crippen molar-refractivity contribution in [2.75, 3.05) is 42.1 Å². The van der Waals surface area contributed by atoms with Gasteiger partial charge in [-0.2, -0.15) is 0 Å². The van der Waals surface area contributed by atoms with E-state index in [1.54, 1.807) is 6.07 Å². The first-order valence-electron chi connectivity index (χ1n) is 17.5. The zero-order valence-corrected chi connectivity index (χ0v) is 33.0. The third kappa shape index (κ3) is 11.1. The minimum absolute atomic E-state index is 0.0265. The number of ether oxygens (including phenoxy) is 1. The molecule has 0 aromatic heterocycles. The number of amides is 2. The molecule has 15 heteroatoms. The number of nitrogens with one attached hydrogen (secondary N) is 2. The molecule has 288 valence electrons. The number of thioether (sulfide) groups is 1. The average molecular weight is 788 g/mol. The highest BCUT2D eigenvalue weighted by Crippen LogP contribution is 2.47. The summed E-state index contributed by atoms with van der Waals surface area (Å²) in [6.45, 7) is 4.13. The van der Waals surface area contributed by atoms with Gasteiger partial charge in [0.05, 0.1) is 27.5 Å². The van der Waals surface area contributed by atoms with E-state index >= 15 is 0 Å². The smallest absolute Gasteiger partial charge is 0.331 e. The van der Waals surface area contributed by atoms with Crippen LogP contribution in [0.5, 0.6) is 11.5 Å². The van der Waals surface area contributed by atoms with Crippen molar-refractivity contribution >= 4 is 61.9 Å². The van der Waals surface area contributed by atoms with E-state index in [1.807, 2.05) is 36.6 Å². The zero-order chi connectivity index (χ0) is 38.8. The normalized spacial score (nSPS) is 16.4. The van der Waals surface area contributed by atoms with Crippen molar-refractivity contribution in [3.8, 4) is 11.5 Å². The highest BCUT2D eigenvalue weighted by molar-refractivity contribution is 7.98. The molecule has 0 saturated carbocycles. The van der Waals surface area contributed by atoms with Crippen LogP contribution < -0.4 is 20.3 Å². The SMILES string of the molecule is CCCCC1(CCCC)CN(c2ccccc2)c2cc(SC)c(OCC(=O)NC(C(=O)N[C@@H](C[S@+](C)[O-])C(=O)O)c3ccc(O)cc3)cc2S(=O)(=O)C1. The molecule has 3 aromatic rings. The molecular formula is C38H49N3O9S3. The quantitative estimate of drug-likeness (QED) is 0.0931. The summed E-state index contributed by atoms with van der Waals surface area (Å²) in [6, 6.07) is 15.6. The number of anilines is 2. The lowest BCUT2D eigenvalue weighted by Crippen LogP contribution is -2.50. The number of nitrogens with zero attached hydrogens (tertiary/aromatic N) is 1. The van der Waals surface area contributed by atoms with Crippen molar-refractivity contribution in [1.82, 2.24) is 10.6 Å². The van der Waals surface area contributed by atoms with Gasteiger partial charge in [0, 0.05) is 23.7 Å². The van der Waals surface area contributed by atoms with Crippen LogP contribution in [0.4, 0.5) is 11.4 Å². The molecule has 0 bridgehead atoms. The van der Waals surface area contributed by atoms with Gasteiger partial charge >= 0.3 is 5.97 Å². The molecule has 1 unspecified atom stereocenters. The van der Waals surface area contributed by atoms with E-state index in [4.69, 9.17) is 4.74 Å². The molecule has 0 fully saturated rings. The van der Waals surface area contributed by atoms with Gasteiger partial charge in [0.15, 0.2) is 22.5 Å². The van der Waals surface area contributed by atoms with Crippen LogP contribution in [0.2, 0.25) is 0 Å². The van der Waals surface area contributed by atoms with Crippen molar-refractivity contribution < 1.29 is 42.3 Å². The number of hydrogen-bond donors (Lipinski definition) is 4. The van der Waals surface area contributed by atoms with Crippen LogP contribution in [0.15, 0.2) is 76.5 Å². The Hall–Kier alpha value is -3.92. The molecule has 1 aliphatic rings. The van der Waals surface area contributed by atoms with Crippen molar-refractivity contribution in [1.29, 1.82) is 0 Å². The standard InChI is InChI=1S/C38H49N3O9S3/c1-5-7-18-38(19-8-6-2)24-41(27-12-10-9-11-13-27)30-20-32(51-3)31(21-33(30)53(48,49)25-38)50-22-34(43)40-35(26-14-16-28(42)17-15-26)36(44)39-29(37(45)46)23-52(4)47/h9-17,20-21,29,35,42H,5-8,18-19,22-25H2,1-4H3,(H,39,44)(H,40,43)(H,45,46)/t29-,35?,52-/m0/s1. The Morgan fingerprint density at radius 1 is 1.02 bits per heavy atom. The van der Waals surface area contributed by atoms with E-state index in [2.05, 4.69) is 29.4 Å². The molecule has 3 aromatic carbocycles. The van der Waals surface area contributed by atoms with Gasteiger partial charge in [-0.25, -0.2) is 13.2 Å². The first-order chi connectivity index (χ1) is 25.2. The molecule has 12 nitrogen and oxygen atoms in total. The lowest BCUT2D eigenvalue weighted by molar-refractivity contribution is -0.141. The average Bonchev–Trinajstić information content (AvgIpc) is 3.22. The third-order valence-corrected chi connectivity index (χ3v) is 12.8. The second-order valence-corrected chi connectivity index (χ2v) is 17.7. The molecule has 4 N–H and O–H groups in total. The number of carboxylic acid groups (broad SMARTS) is 1. The van der Waals surface area contributed by atoms with Gasteiger partial charge < -0.3 is 35.0 Å². The number of aliphatic carboxylic acids is 1. The summed E-state index contributed by atoms with van der Waals surface area (Å²) < 4.78 is 46.6. The fourth-order valence-electron chi connectivity index (χ4n) is 6.56. The van der Waals surface area contributed by atoms with E-state index in [0.29, 0.717) is 17.1 Å². The van der Waals surface area contributed by atoms with Gasteiger partial charge in [0.2, 0.25) is 5.91 Å². The Balaban J connectivity index is 1.68. The van der Waals surface area contributed by atoms with E-state index in [9.17, 15) is 37.6 Å². The Bertz CT molecular complexity index is 1820. The highest BCUT2D eigenvalue weighted by Gasteiger charge is 2.42. The van der Waals surface area contributed by atoms with Gasteiger partial charge in [0.1, 0.15) is 23.3 Å². The first-order valence-corrected chi connectivity index (χ1v) is 22.1. The summed E-state index contributed by atoms with van der Waals surface area (Å²) in [6.07, 6.45) is 8.34. The van der Waals surface area contributed by atoms with Gasteiger partial charge in [-0.1, -0.05) is 81.0 Å². The number of fused-ring (bicyclic) bond motifs is 1. The molecule has 4 rings (SSSR count). The van der Waals surface area contributed by atoms with Gasteiger partial charge in [-0.3, -0.25) is 9.59 Å². The number of sulfone groups is 1. The fourth-order valence-corrected chi connectivity index (χ4v) is 9.92. The molecule has 0 aliphatic carbocycles. The molecule has 0 saturated heterocycles. The van der Waals surface area contributed by atoms with Crippen LogP contribution in [-0.4, -0.2) is 84.2 Å². The highest BCUT2D eigenvalue weighted by atomic mass is 32.2. The van der Waals surface area contributed by atoms with Gasteiger partial charge in [0.25, 0.3) is 5.91 Å². The summed E-state index contributed by atoms with van der Waals surface area (Å²) in [5.41, 5.74) is 1.16. The minimum atomic E-state index is -3.85. The maximum atomic E-state index is 14.4. The van der Waals surface area contributed by atoms with Crippen LogP contribution in [-0.2, 0) is 35.4 Å². The number of hydrogen-bond acceptors (Lipinski definition) is 10. The van der Waals surface area contributed by atoms with E-state index in [0.717, 1.165) is 44.2 Å². The van der Waals surface area contributed by atoms with Gasteiger partial charge in [-0.15, -0.1) is 11.8 Å². The number of rotatable bonds is 18. The number of carbonyl (C=O) groups excluding carboxylic acids is 2. The molecule has 2 amide bonds. The predicted octanol–water partition coefficient (Wildman–Crippen LogP) is 5.59. The molecule has 0 radical (unpaired) electrons. The van der Waals surface area contributed by atoms with Crippen molar-refractivity contribution in [3.05, 3.63) is 72.3 Å². The summed E-state index contributed by atoms with van der Waals surface area (Å²) in [5.74, 6) is -3.31. The Morgan fingerprint density at radius 2 is 1.66 bits per heavy atom.